The van der Waals surface area contributed by atoms with Crippen LogP contribution >= 0.6 is 0 Å². The van der Waals surface area contributed by atoms with Gasteiger partial charge in [-0.1, -0.05) is 26.7 Å². The number of likely N-dealkylation sites (tertiary alicyclic amines) is 1. The van der Waals surface area contributed by atoms with Crippen molar-refractivity contribution in [1.29, 1.82) is 0 Å². The predicted octanol–water partition coefficient (Wildman–Crippen LogP) is 2.44. The van der Waals surface area contributed by atoms with Gasteiger partial charge < -0.3 is 10.6 Å². The second kappa shape index (κ2) is 7.24. The molecular weight excluding hydrogens is 184 g/mol. The third-order valence-corrected chi connectivity index (χ3v) is 3.31. The molecule has 2 heteroatoms. The van der Waals surface area contributed by atoms with E-state index in [1.807, 2.05) is 0 Å². The van der Waals surface area contributed by atoms with Crippen molar-refractivity contribution in [3.8, 4) is 0 Å². The summed E-state index contributed by atoms with van der Waals surface area (Å²) in [6.07, 6.45) is 6.75. The van der Waals surface area contributed by atoms with Gasteiger partial charge in [-0.05, 0) is 50.7 Å². The van der Waals surface area contributed by atoms with E-state index < -0.39 is 0 Å². The zero-order chi connectivity index (χ0) is 11.1. The van der Waals surface area contributed by atoms with Crippen molar-refractivity contribution in [2.75, 3.05) is 26.2 Å². The Balaban J connectivity index is 2.07. The molecule has 0 aromatic rings. The van der Waals surface area contributed by atoms with Crippen LogP contribution in [-0.2, 0) is 0 Å². The summed E-state index contributed by atoms with van der Waals surface area (Å²) < 4.78 is 0. The van der Waals surface area contributed by atoms with Gasteiger partial charge in [-0.3, -0.25) is 0 Å². The second-order valence-electron chi connectivity index (χ2n) is 5.21. The van der Waals surface area contributed by atoms with Crippen LogP contribution in [0, 0.1) is 11.8 Å². The lowest BCUT2D eigenvalue weighted by molar-refractivity contribution is 0.183. The topological polar surface area (TPSA) is 29.3 Å². The first-order chi connectivity index (χ1) is 7.22. The van der Waals surface area contributed by atoms with E-state index in [4.69, 9.17) is 5.73 Å². The van der Waals surface area contributed by atoms with E-state index in [9.17, 15) is 0 Å². The van der Waals surface area contributed by atoms with E-state index in [1.165, 1.54) is 57.7 Å². The van der Waals surface area contributed by atoms with Gasteiger partial charge in [0.2, 0.25) is 0 Å². The molecule has 15 heavy (non-hydrogen) atoms. The molecule has 0 amide bonds. The highest BCUT2D eigenvalue weighted by Crippen LogP contribution is 2.22. The van der Waals surface area contributed by atoms with Gasteiger partial charge in [0, 0.05) is 6.54 Å². The van der Waals surface area contributed by atoms with Crippen molar-refractivity contribution in [3.05, 3.63) is 5.92 Å². The number of rotatable bonds is 6. The maximum absolute atomic E-state index is 5.51. The van der Waals surface area contributed by atoms with Crippen LogP contribution in [0.1, 0.15) is 46.0 Å². The van der Waals surface area contributed by atoms with Crippen LogP contribution < -0.4 is 5.73 Å². The molecule has 1 radical (unpaired) electrons. The van der Waals surface area contributed by atoms with Crippen LogP contribution in [0.25, 0.3) is 0 Å². The third-order valence-electron chi connectivity index (χ3n) is 3.31. The predicted molar refractivity (Wildman–Crippen MR) is 66.7 cm³/mol. The summed E-state index contributed by atoms with van der Waals surface area (Å²) >= 11 is 0. The first-order valence-electron chi connectivity index (χ1n) is 6.44. The molecule has 0 aromatic carbocycles. The number of unbranched alkanes of at least 4 members (excludes halogenated alkanes) is 1. The quantitative estimate of drug-likeness (QED) is 0.684. The Morgan fingerprint density at radius 1 is 1.20 bits per heavy atom. The zero-order valence-electron chi connectivity index (χ0n) is 10.5. The van der Waals surface area contributed by atoms with E-state index in [-0.39, 0.29) is 0 Å². The lowest BCUT2D eigenvalue weighted by Gasteiger charge is -2.32. The van der Waals surface area contributed by atoms with Crippen molar-refractivity contribution in [1.82, 2.24) is 4.90 Å². The second-order valence-corrected chi connectivity index (χ2v) is 5.21. The summed E-state index contributed by atoms with van der Waals surface area (Å²) in [5.41, 5.74) is 5.51. The molecule has 0 unspecified atom stereocenters. The third kappa shape index (κ3) is 5.53. The normalized spacial score (nSPS) is 20.0. The molecule has 2 nitrogen and oxygen atoms in total. The van der Waals surface area contributed by atoms with Gasteiger partial charge in [0.05, 0.1) is 0 Å². The maximum Gasteiger partial charge on any atom is 0.00383 e. The largest absolute Gasteiger partial charge is 0.330 e. The van der Waals surface area contributed by atoms with Crippen LogP contribution in [0.5, 0.6) is 0 Å². The Hall–Kier alpha value is -0.0800. The molecule has 0 atom stereocenters. The summed E-state index contributed by atoms with van der Waals surface area (Å²) in [5, 5.41) is 0. The average molecular weight is 211 g/mol. The molecule has 1 fully saturated rings. The van der Waals surface area contributed by atoms with E-state index >= 15 is 0 Å². The van der Waals surface area contributed by atoms with E-state index in [0.29, 0.717) is 0 Å². The molecule has 1 aliphatic heterocycles. The Morgan fingerprint density at radius 3 is 2.40 bits per heavy atom. The minimum atomic E-state index is 0.864. The van der Waals surface area contributed by atoms with Crippen molar-refractivity contribution >= 4 is 0 Å². The molecule has 1 aliphatic rings. The Labute approximate surface area is 95.2 Å². The number of hydrogen-bond acceptors (Lipinski definition) is 2. The fourth-order valence-electron chi connectivity index (χ4n) is 2.46. The van der Waals surface area contributed by atoms with Gasteiger partial charge >= 0.3 is 0 Å². The molecular formula is C13H27N2. The molecule has 0 aromatic heterocycles. The minimum absolute atomic E-state index is 0.864. The van der Waals surface area contributed by atoms with E-state index in [1.54, 1.807) is 0 Å². The molecule has 0 aliphatic carbocycles. The monoisotopic (exact) mass is 211 g/mol. The van der Waals surface area contributed by atoms with Gasteiger partial charge in [-0.15, -0.1) is 0 Å². The number of nitrogens with two attached hydrogens (primary N) is 1. The first-order valence-corrected chi connectivity index (χ1v) is 6.44. The summed E-state index contributed by atoms with van der Waals surface area (Å²) in [6.45, 7) is 9.13. The van der Waals surface area contributed by atoms with Crippen LogP contribution in [-0.4, -0.2) is 31.1 Å². The molecule has 89 valence electrons. The van der Waals surface area contributed by atoms with E-state index in [2.05, 4.69) is 18.7 Å². The smallest absolute Gasteiger partial charge is 0.00383 e. The van der Waals surface area contributed by atoms with Gasteiger partial charge in [-0.25, -0.2) is 0 Å². The highest BCUT2D eigenvalue weighted by molar-refractivity contribution is 4.84. The first kappa shape index (κ1) is 13.0. The van der Waals surface area contributed by atoms with Gasteiger partial charge in [0.1, 0.15) is 0 Å². The van der Waals surface area contributed by atoms with Crippen molar-refractivity contribution in [2.24, 2.45) is 11.7 Å². The Kier molecular flexibility index (Phi) is 6.26. The number of hydrogen-bond donors (Lipinski definition) is 1. The van der Waals surface area contributed by atoms with Gasteiger partial charge in [0.15, 0.2) is 0 Å². The highest BCUT2D eigenvalue weighted by Gasteiger charge is 2.18. The number of nitrogens with zero attached hydrogens (tertiary/aromatic N) is 1. The molecule has 2 N–H and O–H groups in total. The molecule has 0 bridgehead atoms. The highest BCUT2D eigenvalue weighted by atomic mass is 15.1. The fourth-order valence-corrected chi connectivity index (χ4v) is 2.46. The Morgan fingerprint density at radius 2 is 1.87 bits per heavy atom. The molecule has 1 heterocycles. The van der Waals surface area contributed by atoms with Gasteiger partial charge in [0.25, 0.3) is 0 Å². The van der Waals surface area contributed by atoms with Crippen LogP contribution in [0.15, 0.2) is 0 Å². The Bertz CT molecular complexity index is 149. The van der Waals surface area contributed by atoms with Crippen LogP contribution in [0.2, 0.25) is 0 Å². The van der Waals surface area contributed by atoms with Gasteiger partial charge in [-0.2, -0.15) is 0 Å². The van der Waals surface area contributed by atoms with Crippen molar-refractivity contribution in [2.45, 2.75) is 46.0 Å². The van der Waals surface area contributed by atoms with Crippen molar-refractivity contribution < 1.29 is 0 Å². The summed E-state index contributed by atoms with van der Waals surface area (Å²) in [4.78, 5) is 2.59. The molecule has 0 saturated carbocycles. The van der Waals surface area contributed by atoms with Crippen LogP contribution in [0.3, 0.4) is 0 Å². The fraction of sp³-hybridized carbons (Fsp3) is 0.923. The zero-order valence-corrected chi connectivity index (χ0v) is 10.5. The lowest BCUT2D eigenvalue weighted by atomic mass is 9.91. The van der Waals surface area contributed by atoms with Crippen LogP contribution in [0.4, 0.5) is 0 Å². The molecule has 0 spiro atoms. The maximum atomic E-state index is 5.51. The average Bonchev–Trinajstić information content (AvgIpc) is 2.20. The van der Waals surface area contributed by atoms with Crippen molar-refractivity contribution in [3.63, 3.8) is 0 Å². The summed E-state index contributed by atoms with van der Waals surface area (Å²) in [7, 11) is 0. The number of piperidine rings is 1. The molecule has 1 rings (SSSR count). The van der Waals surface area contributed by atoms with E-state index in [0.717, 1.165) is 12.5 Å². The molecule has 1 saturated heterocycles. The SMILES string of the molecule is C[C](C)CN1CCC(CCCCN)CC1. The minimum Gasteiger partial charge on any atom is -0.330 e. The summed E-state index contributed by atoms with van der Waals surface area (Å²) in [6, 6.07) is 0. The lowest BCUT2D eigenvalue weighted by Crippen LogP contribution is -2.35. The standard InChI is InChI=1S/C13H27N2/c1-12(2)11-15-9-6-13(7-10-15)5-3-4-8-14/h13H,3-11,14H2,1-2H3. The summed E-state index contributed by atoms with van der Waals surface area (Å²) in [5.74, 6) is 2.52.